The number of aliphatic imine (C=N–C) groups is 1. The van der Waals surface area contributed by atoms with Gasteiger partial charge in [0.15, 0.2) is 17.1 Å². The van der Waals surface area contributed by atoms with E-state index >= 15 is 4.39 Å². The number of ether oxygens (including phenoxy) is 2. The van der Waals surface area contributed by atoms with Crippen molar-refractivity contribution >= 4 is 45.9 Å². The minimum absolute atomic E-state index is 0.0761. The first kappa shape index (κ1) is 29.7. The molecule has 0 saturated carbocycles. The van der Waals surface area contributed by atoms with Gasteiger partial charge < -0.3 is 9.47 Å². The lowest BCUT2D eigenvalue weighted by Gasteiger charge is -2.30. The predicted molar refractivity (Wildman–Crippen MR) is 167 cm³/mol. The van der Waals surface area contributed by atoms with Gasteiger partial charge in [-0.15, -0.1) is 0 Å². The van der Waals surface area contributed by atoms with E-state index in [1.165, 1.54) is 6.07 Å². The van der Waals surface area contributed by atoms with E-state index in [4.69, 9.17) is 26.1 Å². The average Bonchev–Trinajstić information content (AvgIpc) is 2.91. The average molecular weight is 670 g/mol. The summed E-state index contributed by atoms with van der Waals surface area (Å²) in [5, 5.41) is 0.560. The van der Waals surface area contributed by atoms with Crippen molar-refractivity contribution in [2.75, 3.05) is 0 Å². The maximum absolute atomic E-state index is 15.3. The summed E-state index contributed by atoms with van der Waals surface area (Å²) < 4.78 is 27.7. The Kier molecular flexibility index (Phi) is 9.31. The lowest BCUT2D eigenvalue weighted by Crippen LogP contribution is -2.42. The van der Waals surface area contributed by atoms with Crippen molar-refractivity contribution in [3.05, 3.63) is 128 Å². The second-order valence-electron chi connectivity index (χ2n) is 10.6. The van der Waals surface area contributed by atoms with Crippen LogP contribution in [0.5, 0.6) is 11.5 Å². The molecule has 4 aromatic rings. The lowest BCUT2D eigenvalue weighted by atomic mass is 9.91. The molecule has 0 saturated heterocycles. The van der Waals surface area contributed by atoms with Gasteiger partial charge in [-0.2, -0.15) is 0 Å². The molecule has 1 atom stereocenters. The molecule has 0 spiro atoms. The molecule has 7 heteroatoms. The van der Waals surface area contributed by atoms with Crippen LogP contribution < -0.4 is 4.74 Å². The molecule has 0 aromatic heterocycles. The number of hydrogen-bond acceptors (Lipinski definition) is 4. The molecule has 0 N–H and O–H groups in total. The molecule has 4 aromatic carbocycles. The van der Waals surface area contributed by atoms with Crippen LogP contribution in [0.15, 0.2) is 102 Å². The minimum atomic E-state index is -1.36. The van der Waals surface area contributed by atoms with E-state index in [1.807, 2.05) is 81.4 Å². The highest BCUT2D eigenvalue weighted by atomic mass is 127. The molecule has 0 amide bonds. The predicted octanol–water partition coefficient (Wildman–Crippen LogP) is 9.06. The fraction of sp³-hybridized carbons (Fsp3) is 0.212. The van der Waals surface area contributed by atoms with Gasteiger partial charge in [-0.1, -0.05) is 72.3 Å². The van der Waals surface area contributed by atoms with Crippen molar-refractivity contribution in [3.8, 4) is 11.5 Å². The summed E-state index contributed by atoms with van der Waals surface area (Å²) >= 11 is 8.08. The van der Waals surface area contributed by atoms with E-state index < -0.39 is 22.9 Å². The van der Waals surface area contributed by atoms with E-state index in [0.717, 1.165) is 14.7 Å². The van der Waals surface area contributed by atoms with Gasteiger partial charge in [-0.3, -0.25) is 4.99 Å². The molecule has 0 aliphatic rings. The van der Waals surface area contributed by atoms with E-state index in [2.05, 4.69) is 22.6 Å². The first-order valence-corrected chi connectivity index (χ1v) is 14.2. The summed E-state index contributed by atoms with van der Waals surface area (Å²) in [4.78, 5) is 18.8. The summed E-state index contributed by atoms with van der Waals surface area (Å²) in [5.74, 6) is -0.507. The van der Waals surface area contributed by atoms with Crippen LogP contribution in [0.2, 0.25) is 5.02 Å². The number of rotatable bonds is 8. The zero-order valence-electron chi connectivity index (χ0n) is 22.8. The number of carbonyl (C=O) groups excluding carboxylic acids is 1. The van der Waals surface area contributed by atoms with Crippen LogP contribution in [0.3, 0.4) is 0 Å². The van der Waals surface area contributed by atoms with E-state index in [-0.39, 0.29) is 12.2 Å². The second kappa shape index (κ2) is 12.5. The summed E-state index contributed by atoms with van der Waals surface area (Å²) in [6.45, 7) is 7.18. The fourth-order valence-corrected chi connectivity index (χ4v) is 4.82. The molecule has 40 heavy (non-hydrogen) atoms. The summed E-state index contributed by atoms with van der Waals surface area (Å²) in [5.41, 5.74) is 0.875. The Morgan fingerprint density at radius 2 is 1.43 bits per heavy atom. The Morgan fingerprint density at radius 3 is 1.95 bits per heavy atom. The number of carbonyl (C=O) groups is 1. The molecule has 4 nitrogen and oxygen atoms in total. The van der Waals surface area contributed by atoms with Crippen molar-refractivity contribution in [3.63, 3.8) is 0 Å². The molecule has 0 aliphatic carbocycles. The zero-order valence-corrected chi connectivity index (χ0v) is 25.7. The van der Waals surface area contributed by atoms with Gasteiger partial charge in [0.05, 0.1) is 5.71 Å². The van der Waals surface area contributed by atoms with Crippen LogP contribution in [0.25, 0.3) is 0 Å². The number of nitrogens with zero attached hydrogens (tertiary/aromatic N) is 1. The highest BCUT2D eigenvalue weighted by Gasteiger charge is 2.39. The molecular weight excluding hydrogens is 640 g/mol. The van der Waals surface area contributed by atoms with Gasteiger partial charge >= 0.3 is 5.97 Å². The van der Waals surface area contributed by atoms with Crippen molar-refractivity contribution in [2.45, 2.75) is 45.3 Å². The van der Waals surface area contributed by atoms with Gasteiger partial charge in [0.2, 0.25) is 0 Å². The summed E-state index contributed by atoms with van der Waals surface area (Å²) in [7, 11) is 0. The highest BCUT2D eigenvalue weighted by Crippen LogP contribution is 2.33. The maximum Gasteiger partial charge on any atom is 0.334 e. The first-order valence-electron chi connectivity index (χ1n) is 12.8. The molecule has 4 rings (SSSR count). The Balaban J connectivity index is 1.78. The zero-order chi connectivity index (χ0) is 28.9. The monoisotopic (exact) mass is 669 g/mol. The standard InChI is InChI=1S/C33H30ClFINO3/c1-32(2,3)40-31(38)33(4,37-30(22-11-7-5-8-12-22)23-13-9-6-10-14-23)21-24-19-27(35)29(20-28(24)36)39-26-17-15-25(34)16-18-26/h5-20H,21H2,1-4H3. The largest absolute Gasteiger partial charge is 0.458 e. The third kappa shape index (κ3) is 7.70. The van der Waals surface area contributed by atoms with E-state index in [9.17, 15) is 4.79 Å². The maximum atomic E-state index is 15.3. The van der Waals surface area contributed by atoms with Crippen LogP contribution >= 0.6 is 34.2 Å². The van der Waals surface area contributed by atoms with Crippen LogP contribution in [-0.4, -0.2) is 22.8 Å². The van der Waals surface area contributed by atoms with Crippen molar-refractivity contribution in [1.29, 1.82) is 0 Å². The number of benzene rings is 4. The molecule has 0 aliphatic heterocycles. The van der Waals surface area contributed by atoms with Gasteiger partial charge in [-0.25, -0.2) is 9.18 Å². The van der Waals surface area contributed by atoms with Gasteiger partial charge in [0, 0.05) is 26.1 Å². The number of halogens is 3. The van der Waals surface area contributed by atoms with Crippen LogP contribution in [-0.2, 0) is 16.0 Å². The Morgan fingerprint density at radius 1 is 0.875 bits per heavy atom. The van der Waals surface area contributed by atoms with Crippen molar-refractivity contribution in [2.24, 2.45) is 4.99 Å². The summed E-state index contributed by atoms with van der Waals surface area (Å²) in [6, 6.07) is 29.1. The first-order chi connectivity index (χ1) is 18.9. The van der Waals surface area contributed by atoms with Gasteiger partial charge in [-0.05, 0) is 92.2 Å². The van der Waals surface area contributed by atoms with Crippen molar-refractivity contribution in [1.82, 2.24) is 0 Å². The molecule has 0 fully saturated rings. The smallest absolute Gasteiger partial charge is 0.334 e. The number of esters is 1. The third-order valence-corrected chi connectivity index (χ3v) is 7.22. The minimum Gasteiger partial charge on any atom is -0.458 e. The molecule has 1 unspecified atom stereocenters. The third-order valence-electron chi connectivity index (χ3n) is 5.97. The van der Waals surface area contributed by atoms with Crippen LogP contribution in [0, 0.1) is 9.39 Å². The SMILES string of the molecule is CC(C)(C)OC(=O)C(C)(Cc1cc(F)c(Oc2ccc(Cl)cc2)cc1I)N=C(c1ccccc1)c1ccccc1. The molecule has 0 bridgehead atoms. The Bertz CT molecular complexity index is 1460. The van der Waals surface area contributed by atoms with Gasteiger partial charge in [0.25, 0.3) is 0 Å². The fourth-order valence-electron chi connectivity index (χ4n) is 4.06. The normalized spacial score (nSPS) is 12.8. The van der Waals surface area contributed by atoms with Crippen molar-refractivity contribution < 1.29 is 18.7 Å². The quantitative estimate of drug-likeness (QED) is 0.107. The van der Waals surface area contributed by atoms with E-state index in [0.29, 0.717) is 22.0 Å². The molecule has 0 heterocycles. The molecular formula is C33H30ClFINO3. The van der Waals surface area contributed by atoms with Gasteiger partial charge in [0.1, 0.15) is 11.4 Å². The van der Waals surface area contributed by atoms with Crippen LogP contribution in [0.1, 0.15) is 44.4 Å². The highest BCUT2D eigenvalue weighted by molar-refractivity contribution is 14.1. The molecule has 0 radical (unpaired) electrons. The second-order valence-corrected chi connectivity index (χ2v) is 12.2. The Labute approximate surface area is 253 Å². The lowest BCUT2D eigenvalue weighted by molar-refractivity contribution is -0.160. The number of hydrogen-bond donors (Lipinski definition) is 0. The summed E-state index contributed by atoms with van der Waals surface area (Å²) in [6.07, 6.45) is 0.113. The van der Waals surface area contributed by atoms with E-state index in [1.54, 1.807) is 37.3 Å². The Hall–Kier alpha value is -3.23. The molecule has 206 valence electrons. The topological polar surface area (TPSA) is 47.9 Å². The van der Waals surface area contributed by atoms with Crippen LogP contribution in [0.4, 0.5) is 4.39 Å².